The van der Waals surface area contributed by atoms with Crippen LogP contribution in [0, 0.1) is 23.7 Å². The van der Waals surface area contributed by atoms with E-state index in [0.717, 1.165) is 0 Å². The molecule has 3 heterocycles. The van der Waals surface area contributed by atoms with Crippen LogP contribution in [-0.4, -0.2) is 157 Å². The lowest BCUT2D eigenvalue weighted by Crippen LogP contribution is -2.62. The number of methoxy groups -OCH3 is 2. The molecular weight excluding hydrogens is 879 g/mol. The Morgan fingerprint density at radius 1 is 0.750 bits per heavy atom. The van der Waals surface area contributed by atoms with Crippen LogP contribution in [0.25, 0.3) is 0 Å². The first kappa shape index (κ1) is 55.4. The molecule has 19 atom stereocenters. The van der Waals surface area contributed by atoms with Crippen molar-refractivity contribution in [2.24, 2.45) is 23.7 Å². The van der Waals surface area contributed by atoms with E-state index < -0.39 is 120 Å². The Morgan fingerprint density at radius 2 is 1.29 bits per heavy atom. The summed E-state index contributed by atoms with van der Waals surface area (Å²) in [6.45, 7) is 17.4. The van der Waals surface area contributed by atoms with Gasteiger partial charge in [-0.25, -0.2) is 9.59 Å². The molecule has 16 heteroatoms. The number of likely N-dealkylation sites (N-methyl/N-ethyl adjacent to an activating group) is 1. The minimum Gasteiger partial charge on any atom is -0.459 e. The summed E-state index contributed by atoms with van der Waals surface area (Å²) >= 11 is 0. The highest BCUT2D eigenvalue weighted by Gasteiger charge is 2.55. The largest absolute Gasteiger partial charge is 0.459 e. The van der Waals surface area contributed by atoms with Gasteiger partial charge in [0.25, 0.3) is 0 Å². The van der Waals surface area contributed by atoms with Crippen molar-refractivity contribution < 1.29 is 72.3 Å². The second-order valence-corrected chi connectivity index (χ2v) is 20.4. The van der Waals surface area contributed by atoms with E-state index in [4.69, 9.17) is 42.6 Å². The number of aliphatic hydroxyl groups is 3. The van der Waals surface area contributed by atoms with Crippen molar-refractivity contribution >= 4 is 17.9 Å². The maximum absolute atomic E-state index is 14.7. The second-order valence-electron chi connectivity index (χ2n) is 20.4. The summed E-state index contributed by atoms with van der Waals surface area (Å²) in [4.78, 5) is 43.9. The second kappa shape index (κ2) is 23.1. The van der Waals surface area contributed by atoms with Crippen molar-refractivity contribution in [2.45, 2.75) is 185 Å². The highest BCUT2D eigenvalue weighted by molar-refractivity contribution is 5.90. The van der Waals surface area contributed by atoms with Crippen LogP contribution in [0.3, 0.4) is 0 Å². The van der Waals surface area contributed by atoms with E-state index in [2.05, 4.69) is 0 Å². The first-order valence-electron chi connectivity index (χ1n) is 24.1. The zero-order chi connectivity index (χ0) is 50.5. The zero-order valence-electron chi connectivity index (χ0n) is 42.5. The molecule has 2 aromatic carbocycles. The minimum atomic E-state index is -1.97. The van der Waals surface area contributed by atoms with E-state index in [9.17, 15) is 29.7 Å². The average Bonchev–Trinajstić information content (AvgIpc) is 3.31. The fourth-order valence-corrected chi connectivity index (χ4v) is 10.6. The van der Waals surface area contributed by atoms with E-state index in [-0.39, 0.29) is 31.4 Å². The summed E-state index contributed by atoms with van der Waals surface area (Å²) in [6.07, 6.45) is -10.3. The number of hydrogen-bond donors (Lipinski definition) is 3. The van der Waals surface area contributed by atoms with Gasteiger partial charge in [-0.2, -0.15) is 0 Å². The number of nitrogens with zero attached hydrogens (tertiary/aromatic N) is 1. The molecule has 0 radical (unpaired) electrons. The van der Waals surface area contributed by atoms with Gasteiger partial charge < -0.3 is 62.9 Å². The van der Waals surface area contributed by atoms with E-state index in [1.165, 1.54) is 21.1 Å². The molecule has 3 aliphatic rings. The lowest BCUT2D eigenvalue weighted by Gasteiger charge is -2.50. The number of hydrogen-bond acceptors (Lipinski definition) is 16. The van der Waals surface area contributed by atoms with E-state index in [0.29, 0.717) is 17.5 Å². The van der Waals surface area contributed by atoms with Gasteiger partial charge in [0, 0.05) is 32.5 Å². The normalized spacial score (nSPS) is 41.0. The summed E-state index contributed by atoms with van der Waals surface area (Å²) in [6, 6.07) is 16.9. The first-order valence-corrected chi connectivity index (χ1v) is 24.1. The van der Waals surface area contributed by atoms with Gasteiger partial charge in [0.05, 0.1) is 65.3 Å². The first-order chi connectivity index (χ1) is 31.9. The lowest BCUT2D eigenvalue weighted by atomic mass is 9.73. The summed E-state index contributed by atoms with van der Waals surface area (Å²) < 4.78 is 58.5. The Morgan fingerprint density at radius 3 is 1.82 bits per heavy atom. The van der Waals surface area contributed by atoms with Gasteiger partial charge in [0.2, 0.25) is 0 Å². The molecule has 16 nitrogen and oxygen atoms in total. The maximum Gasteiger partial charge on any atom is 0.338 e. The molecule has 0 spiro atoms. The summed E-state index contributed by atoms with van der Waals surface area (Å²) in [5.41, 5.74) is -3.69. The van der Waals surface area contributed by atoms with Crippen LogP contribution in [0.15, 0.2) is 60.7 Å². The van der Waals surface area contributed by atoms with Crippen molar-refractivity contribution in [1.82, 2.24) is 4.90 Å². The summed E-state index contributed by atoms with van der Waals surface area (Å²) in [5, 5.41) is 35.6. The number of carbonyl (C=O) groups excluding carboxylic acids is 3. The Kier molecular flexibility index (Phi) is 18.8. The average molecular weight is 958 g/mol. The topological polar surface area (TPSA) is 198 Å². The molecule has 0 aliphatic carbocycles. The van der Waals surface area contributed by atoms with Gasteiger partial charge in [0.15, 0.2) is 24.8 Å². The van der Waals surface area contributed by atoms with E-state index in [1.807, 2.05) is 52.8 Å². The summed E-state index contributed by atoms with van der Waals surface area (Å²) in [7, 11) is 6.84. The molecule has 2 aromatic rings. The maximum atomic E-state index is 14.7. The van der Waals surface area contributed by atoms with Crippen LogP contribution >= 0.6 is 0 Å². The van der Waals surface area contributed by atoms with Crippen molar-refractivity contribution in [3.63, 3.8) is 0 Å². The zero-order valence-corrected chi connectivity index (χ0v) is 42.5. The highest BCUT2D eigenvalue weighted by atomic mass is 16.7. The van der Waals surface area contributed by atoms with Crippen LogP contribution in [0.4, 0.5) is 0 Å². The van der Waals surface area contributed by atoms with Gasteiger partial charge in [-0.05, 0) is 105 Å². The molecule has 0 saturated carbocycles. The third-order valence-corrected chi connectivity index (χ3v) is 14.9. The fourth-order valence-electron chi connectivity index (χ4n) is 10.6. The third kappa shape index (κ3) is 12.3. The number of aliphatic hydroxyl groups excluding tert-OH is 2. The quantitative estimate of drug-likeness (QED) is 0.166. The standard InChI is InChI=1S/C52H79NO15/c1-15-38-52(10,59)43(55)31(4)40(54)29(2)27-50(8,60-13)44(68-49-42(37(53(11)12)26-30(3)62-49)66-47(57)35-22-18-16-19-23-35)32(5)41(33(6)46(56)64-38)65-39-28-51(9,61-14)45(34(7)63-39)67-48(58)36-24-20-17-21-25-36/h16-25,29-34,37-45,49,54-55,59H,15,26-28H2,1-14H3/t29-,30-,31+,32+,33-,34+,37+,38-,39?,40+,41+,42-,43-,44-,45+,49?,50+,51-,52-/m1/s1. The third-order valence-electron chi connectivity index (χ3n) is 14.9. The monoisotopic (exact) mass is 958 g/mol. The van der Waals surface area contributed by atoms with Gasteiger partial charge >= 0.3 is 17.9 Å². The lowest BCUT2D eigenvalue weighted by molar-refractivity contribution is -0.319. The van der Waals surface area contributed by atoms with Crippen molar-refractivity contribution in [1.29, 1.82) is 0 Å². The molecule has 2 unspecified atom stereocenters. The molecule has 0 amide bonds. The number of benzene rings is 2. The number of ether oxygens (including phenoxy) is 9. The Balaban J connectivity index is 1.62. The van der Waals surface area contributed by atoms with Crippen LogP contribution in [0.5, 0.6) is 0 Å². The highest BCUT2D eigenvalue weighted by Crippen LogP contribution is 2.43. The molecule has 5 rings (SSSR count). The SMILES string of the molecule is CC[C@H]1OC(=O)[C@H](C)[C@@H](OC2C[C@@](C)(OC)[C@@H](OC(=O)c3ccccc3)[C@H](C)O2)[C@H](C)[C@@H](OC2O[C@H](C)C[C@H](N(C)C)[C@H]2OC(=O)c2ccccc2)[C@@](C)(OC)C[C@@H](C)[C@H](O)[C@H](C)[C@@H](O)[C@]1(C)O. The number of rotatable bonds is 12. The van der Waals surface area contributed by atoms with Crippen molar-refractivity contribution in [3.8, 4) is 0 Å². The fraction of sp³-hybridized carbons (Fsp3) is 0.712. The molecule has 0 aromatic heterocycles. The predicted molar refractivity (Wildman–Crippen MR) is 251 cm³/mol. The smallest absolute Gasteiger partial charge is 0.338 e. The van der Waals surface area contributed by atoms with E-state index in [1.54, 1.807) is 89.2 Å². The number of esters is 3. The van der Waals surface area contributed by atoms with Gasteiger partial charge in [0.1, 0.15) is 17.3 Å². The predicted octanol–water partition coefficient (Wildman–Crippen LogP) is 5.96. The van der Waals surface area contributed by atoms with Gasteiger partial charge in [-0.1, -0.05) is 64.1 Å². The Bertz CT molecular complexity index is 1940. The van der Waals surface area contributed by atoms with Crippen molar-refractivity contribution in [2.75, 3.05) is 28.3 Å². The van der Waals surface area contributed by atoms with Crippen LogP contribution in [-0.2, 0) is 47.4 Å². The molecule has 382 valence electrons. The summed E-state index contributed by atoms with van der Waals surface area (Å²) in [5.74, 6) is -5.20. The number of carbonyl (C=O) groups is 3. The van der Waals surface area contributed by atoms with Crippen LogP contribution < -0.4 is 0 Å². The molecule has 68 heavy (non-hydrogen) atoms. The number of cyclic esters (lactones) is 1. The van der Waals surface area contributed by atoms with Crippen LogP contribution in [0.2, 0.25) is 0 Å². The molecule has 3 fully saturated rings. The van der Waals surface area contributed by atoms with Gasteiger partial charge in [-0.15, -0.1) is 0 Å². The minimum absolute atomic E-state index is 0.0590. The Labute approximate surface area is 403 Å². The Hall–Kier alpha value is -3.55. The molecular formula is C52H79NO15. The van der Waals surface area contributed by atoms with Crippen LogP contribution in [0.1, 0.15) is 116 Å². The van der Waals surface area contributed by atoms with E-state index >= 15 is 0 Å². The van der Waals surface area contributed by atoms with Gasteiger partial charge in [-0.3, -0.25) is 4.79 Å². The molecule has 3 N–H and O–H groups in total. The van der Waals surface area contributed by atoms with Crippen molar-refractivity contribution in [3.05, 3.63) is 71.8 Å². The molecule has 3 saturated heterocycles. The molecule has 0 bridgehead atoms. The molecule has 3 aliphatic heterocycles.